The number of nitrogens with zero attached hydrogens (tertiary/aromatic N) is 2. The van der Waals surface area contributed by atoms with Gasteiger partial charge < -0.3 is 24.8 Å². The molecule has 10 heteroatoms. The van der Waals surface area contributed by atoms with Crippen molar-refractivity contribution in [2.75, 3.05) is 20.8 Å². The van der Waals surface area contributed by atoms with Gasteiger partial charge in [-0.3, -0.25) is 14.2 Å². The third kappa shape index (κ3) is 4.88. The molecular formula is C29H28ClN5O4. The number of ether oxygens (including phenoxy) is 2. The number of likely N-dealkylation sites (N-methyl/N-ethyl adjacent to an activating group) is 1. The minimum Gasteiger partial charge on any atom is -0.497 e. The molecule has 5 rings (SSSR count). The number of allylic oxidation sites excluding steroid dienone is 1. The highest BCUT2D eigenvalue weighted by molar-refractivity contribution is 6.30. The average Bonchev–Trinajstić information content (AvgIpc) is 3.52. The predicted molar refractivity (Wildman–Crippen MR) is 150 cm³/mol. The van der Waals surface area contributed by atoms with Crippen LogP contribution in [-0.4, -0.2) is 41.2 Å². The van der Waals surface area contributed by atoms with Crippen LogP contribution in [0.2, 0.25) is 5.02 Å². The number of carbonyl (C=O) groups is 1. The van der Waals surface area contributed by atoms with Crippen LogP contribution in [0.1, 0.15) is 31.1 Å². The number of halogens is 1. The number of fused-ring (bicyclic) bond motifs is 1. The van der Waals surface area contributed by atoms with Gasteiger partial charge in [0.05, 0.1) is 25.5 Å². The van der Waals surface area contributed by atoms with E-state index in [2.05, 4.69) is 20.3 Å². The molecule has 1 amide bonds. The molecule has 1 atom stereocenters. The molecule has 4 aromatic rings. The highest BCUT2D eigenvalue weighted by atomic mass is 35.5. The number of amides is 1. The smallest absolute Gasteiger partial charge is 0.278 e. The number of hydrogen-bond acceptors (Lipinski definition) is 5. The molecule has 0 fully saturated rings. The molecule has 2 aromatic carbocycles. The summed E-state index contributed by atoms with van der Waals surface area (Å²) in [5.41, 5.74) is 4.02. The Labute approximate surface area is 229 Å². The lowest BCUT2D eigenvalue weighted by atomic mass is 9.94. The zero-order chi connectivity index (χ0) is 27.7. The monoisotopic (exact) mass is 545 g/mol. The summed E-state index contributed by atoms with van der Waals surface area (Å²) < 4.78 is 12.6. The second kappa shape index (κ2) is 10.7. The number of H-pyrrole nitrogens is 2. The van der Waals surface area contributed by atoms with Crippen LogP contribution >= 0.6 is 11.6 Å². The minimum absolute atomic E-state index is 0.310. The molecule has 2 aromatic heterocycles. The first-order valence-corrected chi connectivity index (χ1v) is 12.8. The topological polar surface area (TPSA) is 114 Å². The Bertz CT molecular complexity index is 1760. The quantitative estimate of drug-likeness (QED) is 0.331. The SMILES string of the molecule is CCNC(=O)C1=C(C)N=c2[nH]/c(=C\c3ccc(-c4ccc(Cl)cc4)[nH]3)c(=O)n2C1c1cc(OC)ccc1OC. The summed E-state index contributed by atoms with van der Waals surface area (Å²) in [4.78, 5) is 38.2. The molecule has 0 saturated carbocycles. The molecule has 200 valence electrons. The third-order valence-corrected chi connectivity index (χ3v) is 6.85. The van der Waals surface area contributed by atoms with E-state index >= 15 is 0 Å². The first-order chi connectivity index (χ1) is 18.8. The lowest BCUT2D eigenvalue weighted by Crippen LogP contribution is -2.42. The number of rotatable bonds is 7. The first-order valence-electron chi connectivity index (χ1n) is 12.4. The Morgan fingerprint density at radius 1 is 1.10 bits per heavy atom. The fourth-order valence-electron chi connectivity index (χ4n) is 4.77. The fraction of sp³-hybridized carbons (Fsp3) is 0.207. The van der Waals surface area contributed by atoms with Crippen molar-refractivity contribution < 1.29 is 14.3 Å². The molecule has 3 N–H and O–H groups in total. The fourth-order valence-corrected chi connectivity index (χ4v) is 4.89. The van der Waals surface area contributed by atoms with E-state index in [9.17, 15) is 9.59 Å². The highest BCUT2D eigenvalue weighted by Gasteiger charge is 2.34. The summed E-state index contributed by atoms with van der Waals surface area (Å²) in [6, 6.07) is 15.8. The van der Waals surface area contributed by atoms with Gasteiger partial charge in [-0.2, -0.15) is 0 Å². The molecule has 1 aliphatic rings. The van der Waals surface area contributed by atoms with Gasteiger partial charge in [-0.05, 0) is 68.0 Å². The maximum Gasteiger partial charge on any atom is 0.278 e. The highest BCUT2D eigenvalue weighted by Crippen LogP contribution is 2.37. The zero-order valence-electron chi connectivity index (χ0n) is 22.0. The minimum atomic E-state index is -0.798. The van der Waals surface area contributed by atoms with Crippen molar-refractivity contribution in [1.29, 1.82) is 0 Å². The lowest BCUT2D eigenvalue weighted by molar-refractivity contribution is -0.117. The normalized spacial score (nSPS) is 15.1. The Hall–Kier alpha value is -4.50. The Kier molecular flexibility index (Phi) is 7.17. The van der Waals surface area contributed by atoms with Crippen molar-refractivity contribution in [2.45, 2.75) is 19.9 Å². The van der Waals surface area contributed by atoms with Gasteiger partial charge in [0.1, 0.15) is 22.9 Å². The van der Waals surface area contributed by atoms with Crippen molar-refractivity contribution in [1.82, 2.24) is 19.9 Å². The van der Waals surface area contributed by atoms with Crippen LogP contribution in [0.25, 0.3) is 17.3 Å². The second-order valence-corrected chi connectivity index (χ2v) is 9.43. The van der Waals surface area contributed by atoms with Crippen LogP contribution < -0.4 is 31.3 Å². The van der Waals surface area contributed by atoms with Gasteiger partial charge in [0.2, 0.25) is 5.62 Å². The molecule has 1 unspecified atom stereocenters. The summed E-state index contributed by atoms with van der Waals surface area (Å²) in [5.74, 6) is 0.771. The molecule has 9 nitrogen and oxygen atoms in total. The summed E-state index contributed by atoms with van der Waals surface area (Å²) >= 11 is 6.02. The van der Waals surface area contributed by atoms with Crippen LogP contribution in [-0.2, 0) is 4.79 Å². The molecule has 0 bridgehead atoms. The van der Waals surface area contributed by atoms with Gasteiger partial charge in [0.25, 0.3) is 11.5 Å². The number of hydrogen-bond donors (Lipinski definition) is 3. The Balaban J connectivity index is 1.68. The van der Waals surface area contributed by atoms with E-state index in [1.54, 1.807) is 45.4 Å². The van der Waals surface area contributed by atoms with Crippen LogP contribution in [0.15, 0.2) is 75.7 Å². The van der Waals surface area contributed by atoms with E-state index in [0.29, 0.717) is 50.9 Å². The molecule has 39 heavy (non-hydrogen) atoms. The Morgan fingerprint density at radius 3 is 2.56 bits per heavy atom. The third-order valence-electron chi connectivity index (χ3n) is 6.60. The number of carbonyl (C=O) groups excluding carboxylic acids is 1. The van der Waals surface area contributed by atoms with Crippen molar-refractivity contribution >= 4 is 23.6 Å². The van der Waals surface area contributed by atoms with E-state index in [0.717, 1.165) is 17.0 Å². The number of imidazole rings is 1. The molecule has 0 spiro atoms. The maximum atomic E-state index is 13.9. The van der Waals surface area contributed by atoms with Gasteiger partial charge in [0, 0.05) is 28.5 Å². The van der Waals surface area contributed by atoms with E-state index in [1.165, 1.54) is 4.57 Å². The maximum absolute atomic E-state index is 13.9. The van der Waals surface area contributed by atoms with Gasteiger partial charge in [-0.15, -0.1) is 0 Å². The number of nitrogens with one attached hydrogen (secondary N) is 3. The first kappa shape index (κ1) is 26.1. The summed E-state index contributed by atoms with van der Waals surface area (Å²) in [7, 11) is 3.10. The second-order valence-electron chi connectivity index (χ2n) is 9.00. The molecule has 3 heterocycles. The summed E-state index contributed by atoms with van der Waals surface area (Å²) in [6.45, 7) is 4.02. The summed E-state index contributed by atoms with van der Waals surface area (Å²) in [6.07, 6.45) is 1.73. The zero-order valence-corrected chi connectivity index (χ0v) is 22.7. The van der Waals surface area contributed by atoms with Crippen molar-refractivity contribution in [3.8, 4) is 22.8 Å². The van der Waals surface area contributed by atoms with Gasteiger partial charge >= 0.3 is 0 Å². The van der Waals surface area contributed by atoms with E-state index in [-0.39, 0.29) is 11.5 Å². The van der Waals surface area contributed by atoms with Crippen molar-refractivity contribution in [2.24, 2.45) is 4.99 Å². The number of methoxy groups -OCH3 is 2. The van der Waals surface area contributed by atoms with Crippen LogP contribution in [0, 0.1) is 0 Å². The van der Waals surface area contributed by atoms with E-state index < -0.39 is 6.04 Å². The number of aromatic amines is 2. The van der Waals surface area contributed by atoms with E-state index in [1.807, 2.05) is 43.3 Å². The molecular weight excluding hydrogens is 518 g/mol. The van der Waals surface area contributed by atoms with Crippen LogP contribution in [0.4, 0.5) is 0 Å². The van der Waals surface area contributed by atoms with Crippen molar-refractivity contribution in [3.05, 3.63) is 103 Å². The molecule has 1 aliphatic heterocycles. The number of aromatic nitrogens is 3. The van der Waals surface area contributed by atoms with Crippen LogP contribution in [0.5, 0.6) is 11.5 Å². The lowest BCUT2D eigenvalue weighted by Gasteiger charge is -2.26. The van der Waals surface area contributed by atoms with Crippen molar-refractivity contribution in [3.63, 3.8) is 0 Å². The van der Waals surface area contributed by atoms with E-state index in [4.69, 9.17) is 21.1 Å². The van der Waals surface area contributed by atoms with Gasteiger partial charge in [-0.1, -0.05) is 23.7 Å². The van der Waals surface area contributed by atoms with Gasteiger partial charge in [-0.25, -0.2) is 4.99 Å². The largest absolute Gasteiger partial charge is 0.497 e. The molecule has 0 radical (unpaired) electrons. The average molecular weight is 546 g/mol. The van der Waals surface area contributed by atoms with Gasteiger partial charge in [0.15, 0.2) is 0 Å². The van der Waals surface area contributed by atoms with Crippen LogP contribution in [0.3, 0.4) is 0 Å². The standard InChI is InChI=1S/C29H28ClN5O4/c1-5-31-27(36)25-16(2)32-29-34-23(14-19-10-12-22(33-19)17-6-8-18(30)9-7-17)28(37)35(29)26(25)21-15-20(38-3)11-13-24(21)39-4/h6-15,26,33H,5H2,1-4H3,(H,31,36)(H,32,34)/b23-14-. The number of benzene rings is 2. The molecule has 0 aliphatic carbocycles. The predicted octanol–water partition coefficient (Wildman–Crippen LogP) is 3.30. The summed E-state index contributed by atoms with van der Waals surface area (Å²) in [5, 5.41) is 3.83. The molecule has 0 saturated heterocycles. The Morgan fingerprint density at radius 2 is 1.87 bits per heavy atom.